The molecule has 0 fully saturated rings. The van der Waals surface area contributed by atoms with Crippen molar-refractivity contribution in [2.75, 3.05) is 5.32 Å². The van der Waals surface area contributed by atoms with Crippen LogP contribution in [0.2, 0.25) is 5.02 Å². The van der Waals surface area contributed by atoms with Crippen LogP contribution in [0.4, 0.5) is 10.8 Å². The number of aromatic nitrogens is 6. The Bertz CT molecular complexity index is 1400. The highest BCUT2D eigenvalue weighted by molar-refractivity contribution is 7.10. The van der Waals surface area contributed by atoms with Gasteiger partial charge in [-0.05, 0) is 29.8 Å². The molecule has 154 valence electrons. The molecule has 3 heterocycles. The van der Waals surface area contributed by atoms with Crippen LogP contribution in [0.5, 0.6) is 0 Å². The summed E-state index contributed by atoms with van der Waals surface area (Å²) in [5.74, 6) is 0.552. The Hall–Kier alpha value is -3.56. The number of Topliss-reactive ketones (excluding diaryl/α,β-unsaturated/α-hetero) is 1. The van der Waals surface area contributed by atoms with E-state index in [1.165, 1.54) is 11.5 Å². The quantitative estimate of drug-likeness (QED) is 0.366. The van der Waals surface area contributed by atoms with Crippen LogP contribution in [0.15, 0.2) is 54.9 Å². The zero-order valence-electron chi connectivity index (χ0n) is 16.3. The summed E-state index contributed by atoms with van der Waals surface area (Å²) in [6.07, 6.45) is 3.71. The van der Waals surface area contributed by atoms with Crippen molar-refractivity contribution in [1.29, 1.82) is 0 Å². The van der Waals surface area contributed by atoms with E-state index in [-0.39, 0.29) is 12.2 Å². The van der Waals surface area contributed by atoms with Gasteiger partial charge in [0, 0.05) is 42.1 Å². The molecule has 0 aliphatic carbocycles. The van der Waals surface area contributed by atoms with Gasteiger partial charge >= 0.3 is 0 Å². The molecule has 2 N–H and O–H groups in total. The number of anilines is 2. The summed E-state index contributed by atoms with van der Waals surface area (Å²) < 4.78 is 6.07. The van der Waals surface area contributed by atoms with Gasteiger partial charge in [-0.25, -0.2) is 0 Å². The first-order valence-corrected chi connectivity index (χ1v) is 10.6. The van der Waals surface area contributed by atoms with Gasteiger partial charge in [0.25, 0.3) is 0 Å². The molecule has 0 amide bonds. The number of aryl methyl sites for hydroxylation is 1. The van der Waals surface area contributed by atoms with Crippen LogP contribution in [0, 0.1) is 0 Å². The molecule has 0 aliphatic rings. The third-order valence-electron chi connectivity index (χ3n) is 4.78. The van der Waals surface area contributed by atoms with Crippen LogP contribution in [-0.4, -0.2) is 35.1 Å². The van der Waals surface area contributed by atoms with Crippen LogP contribution in [0.1, 0.15) is 16.1 Å². The van der Waals surface area contributed by atoms with Crippen LogP contribution >= 0.6 is 23.1 Å². The van der Waals surface area contributed by atoms with Gasteiger partial charge < -0.3 is 5.32 Å². The number of hydrogen-bond acceptors (Lipinski definition) is 7. The van der Waals surface area contributed by atoms with Crippen LogP contribution < -0.4 is 5.32 Å². The molecule has 0 bridgehead atoms. The number of ketones is 1. The standard InChI is InChI=1S/C21H16ClN7OS/c1-29-8-7-16(27-29)18(30)10-12-3-2-4-13(9-12)20-25-21(31-28-20)24-17-6-5-15-14(19(17)22)11-23-26-15/h2-9,11H,10H2,1H3,(H,23,26)(H,24,25,28). The number of carbonyl (C=O) groups excluding carboxylic acids is 1. The highest BCUT2D eigenvalue weighted by Crippen LogP contribution is 2.33. The van der Waals surface area contributed by atoms with Crippen molar-refractivity contribution in [3.8, 4) is 11.4 Å². The maximum Gasteiger partial charge on any atom is 0.207 e. The minimum atomic E-state index is -0.0318. The first kappa shape index (κ1) is 19.4. The predicted octanol–water partition coefficient (Wildman–Crippen LogP) is 4.64. The second-order valence-corrected chi connectivity index (χ2v) is 8.11. The molecule has 0 aliphatic heterocycles. The number of nitrogens with zero attached hydrogens (tertiary/aromatic N) is 5. The van der Waals surface area contributed by atoms with Crippen molar-refractivity contribution >= 4 is 50.6 Å². The third-order valence-corrected chi connectivity index (χ3v) is 5.81. The lowest BCUT2D eigenvalue weighted by Gasteiger charge is -2.05. The number of nitrogens with one attached hydrogen (secondary N) is 2. The van der Waals surface area contributed by atoms with Crippen LogP contribution in [0.25, 0.3) is 22.3 Å². The van der Waals surface area contributed by atoms with Crippen LogP contribution in [-0.2, 0) is 13.5 Å². The predicted molar refractivity (Wildman–Crippen MR) is 121 cm³/mol. The van der Waals surface area contributed by atoms with Gasteiger partial charge in [0.2, 0.25) is 5.13 Å². The number of rotatable bonds is 6. The highest BCUT2D eigenvalue weighted by atomic mass is 35.5. The van der Waals surface area contributed by atoms with Crippen molar-refractivity contribution in [2.24, 2.45) is 7.05 Å². The van der Waals surface area contributed by atoms with E-state index in [1.54, 1.807) is 30.2 Å². The van der Waals surface area contributed by atoms with E-state index in [4.69, 9.17) is 11.6 Å². The molecule has 0 spiro atoms. The minimum absolute atomic E-state index is 0.0318. The van der Waals surface area contributed by atoms with E-state index in [9.17, 15) is 4.79 Å². The first-order valence-electron chi connectivity index (χ1n) is 9.41. The van der Waals surface area contributed by atoms with E-state index < -0.39 is 0 Å². The molecule has 0 saturated heterocycles. The number of carbonyl (C=O) groups is 1. The van der Waals surface area contributed by atoms with E-state index in [0.717, 1.165) is 27.7 Å². The zero-order valence-corrected chi connectivity index (χ0v) is 17.9. The van der Waals surface area contributed by atoms with Crippen molar-refractivity contribution in [3.05, 3.63) is 71.1 Å². The van der Waals surface area contributed by atoms with E-state index in [0.29, 0.717) is 21.7 Å². The number of fused-ring (bicyclic) bond motifs is 1. The van der Waals surface area contributed by atoms with Gasteiger partial charge in [0.05, 0.1) is 22.4 Å². The fourth-order valence-corrected chi connectivity index (χ4v) is 4.11. The van der Waals surface area contributed by atoms with Crippen molar-refractivity contribution < 1.29 is 4.79 Å². The van der Waals surface area contributed by atoms with E-state index >= 15 is 0 Å². The van der Waals surface area contributed by atoms with Gasteiger partial charge in [0.15, 0.2) is 11.6 Å². The smallest absolute Gasteiger partial charge is 0.207 e. The lowest BCUT2D eigenvalue weighted by Crippen LogP contribution is -2.05. The summed E-state index contributed by atoms with van der Waals surface area (Å²) in [5, 5.41) is 16.3. The van der Waals surface area contributed by atoms with E-state index in [1.807, 2.05) is 36.4 Å². The Balaban J connectivity index is 1.35. The molecular weight excluding hydrogens is 434 g/mol. The molecule has 2 aromatic carbocycles. The van der Waals surface area contributed by atoms with Crippen LogP contribution in [0.3, 0.4) is 0 Å². The van der Waals surface area contributed by atoms with Gasteiger partial charge in [-0.15, -0.1) is 0 Å². The molecule has 0 unspecified atom stereocenters. The molecule has 5 aromatic rings. The molecule has 0 atom stereocenters. The Morgan fingerprint density at radius 1 is 1.26 bits per heavy atom. The molecule has 3 aromatic heterocycles. The molecule has 0 radical (unpaired) electrons. The first-order chi connectivity index (χ1) is 15.1. The number of hydrogen-bond donors (Lipinski definition) is 2. The molecule has 10 heteroatoms. The Morgan fingerprint density at radius 2 is 2.16 bits per heavy atom. The molecule has 8 nitrogen and oxygen atoms in total. The zero-order chi connectivity index (χ0) is 21.4. The number of aromatic amines is 1. The number of halogens is 1. The average molecular weight is 450 g/mol. The largest absolute Gasteiger partial charge is 0.329 e. The average Bonchev–Trinajstić information content (AvgIpc) is 3.51. The summed E-state index contributed by atoms with van der Waals surface area (Å²) in [6, 6.07) is 13.2. The van der Waals surface area contributed by atoms with Gasteiger partial charge in [0.1, 0.15) is 5.69 Å². The van der Waals surface area contributed by atoms with Gasteiger partial charge in [-0.2, -0.15) is 19.6 Å². The summed E-state index contributed by atoms with van der Waals surface area (Å²) in [7, 11) is 1.79. The minimum Gasteiger partial charge on any atom is -0.329 e. The lowest BCUT2D eigenvalue weighted by atomic mass is 10.0. The summed E-state index contributed by atoms with van der Waals surface area (Å²) in [6.45, 7) is 0. The monoisotopic (exact) mass is 449 g/mol. The molecule has 0 saturated carbocycles. The Kier molecular flexibility index (Phi) is 4.97. The molecular formula is C21H16ClN7OS. The molecule has 5 rings (SSSR count). The van der Waals surface area contributed by atoms with Crippen molar-refractivity contribution in [1.82, 2.24) is 29.3 Å². The summed E-state index contributed by atoms with van der Waals surface area (Å²) in [4.78, 5) is 17.0. The fraction of sp³-hybridized carbons (Fsp3) is 0.0952. The maximum atomic E-state index is 12.5. The van der Waals surface area contributed by atoms with Crippen molar-refractivity contribution in [2.45, 2.75) is 6.42 Å². The number of H-pyrrole nitrogens is 1. The topological polar surface area (TPSA) is 101 Å². The Morgan fingerprint density at radius 3 is 3.00 bits per heavy atom. The summed E-state index contributed by atoms with van der Waals surface area (Å²) in [5.41, 5.74) is 3.77. The van der Waals surface area contributed by atoms with Gasteiger partial charge in [-0.1, -0.05) is 29.8 Å². The van der Waals surface area contributed by atoms with E-state index in [2.05, 4.69) is 30.0 Å². The van der Waals surface area contributed by atoms with Crippen molar-refractivity contribution in [3.63, 3.8) is 0 Å². The normalized spacial score (nSPS) is 11.2. The third kappa shape index (κ3) is 3.92. The highest BCUT2D eigenvalue weighted by Gasteiger charge is 2.13. The maximum absolute atomic E-state index is 12.5. The SMILES string of the molecule is Cn1ccc(C(=O)Cc2cccc(-c3nsc(Nc4ccc5[nH]ncc5c4Cl)n3)c2)n1. The Labute approximate surface area is 186 Å². The van der Waals surface area contributed by atoms with Gasteiger partial charge in [-0.3, -0.25) is 14.6 Å². The lowest BCUT2D eigenvalue weighted by molar-refractivity contribution is 0.0987. The summed E-state index contributed by atoms with van der Waals surface area (Å²) >= 11 is 7.71. The number of benzene rings is 2. The second kappa shape index (κ2) is 7.93. The molecule has 31 heavy (non-hydrogen) atoms. The second-order valence-electron chi connectivity index (χ2n) is 6.98. The fourth-order valence-electron chi connectivity index (χ4n) is 3.25.